The first-order valence-electron chi connectivity index (χ1n) is 8.07. The Bertz CT molecular complexity index is 671. The number of ether oxygens (including phenoxy) is 1. The third kappa shape index (κ3) is 3.77. The van der Waals surface area contributed by atoms with Gasteiger partial charge in [-0.2, -0.15) is 0 Å². The van der Waals surface area contributed by atoms with Gasteiger partial charge in [-0.1, -0.05) is 18.2 Å². The Hall–Kier alpha value is -2.31. The van der Waals surface area contributed by atoms with Crippen molar-refractivity contribution in [2.24, 2.45) is 0 Å². The molecule has 1 aromatic heterocycles. The topological polar surface area (TPSA) is 88.9 Å². The van der Waals surface area contributed by atoms with Crippen molar-refractivity contribution in [3.05, 3.63) is 54.0 Å². The lowest BCUT2D eigenvalue weighted by Crippen LogP contribution is -2.49. The lowest BCUT2D eigenvalue weighted by molar-refractivity contribution is -0.140. The van der Waals surface area contributed by atoms with Gasteiger partial charge < -0.3 is 24.9 Å². The van der Waals surface area contributed by atoms with Crippen LogP contribution in [0.2, 0.25) is 0 Å². The third-order valence-electron chi connectivity index (χ3n) is 4.31. The number of nitrogen functional groups attached to an aromatic ring is 1. The van der Waals surface area contributed by atoms with Gasteiger partial charge in [0.05, 0.1) is 31.9 Å². The van der Waals surface area contributed by atoms with Crippen molar-refractivity contribution in [2.45, 2.75) is 25.0 Å². The number of aliphatic hydroxyl groups excluding tert-OH is 1. The molecule has 3 rings (SSSR count). The minimum Gasteiger partial charge on any atom is -0.467 e. The normalized spacial score (nSPS) is 19.2. The average molecular weight is 330 g/mol. The van der Waals surface area contributed by atoms with Gasteiger partial charge in [-0.05, 0) is 23.8 Å². The molecule has 1 fully saturated rings. The summed E-state index contributed by atoms with van der Waals surface area (Å²) in [5.74, 6) is 0.494. The maximum atomic E-state index is 12.7. The summed E-state index contributed by atoms with van der Waals surface area (Å²) in [6.07, 6.45) is 1.39. The van der Waals surface area contributed by atoms with E-state index in [1.165, 1.54) is 6.26 Å². The summed E-state index contributed by atoms with van der Waals surface area (Å²) in [6, 6.07) is 10.6. The van der Waals surface area contributed by atoms with Gasteiger partial charge in [-0.15, -0.1) is 0 Å². The van der Waals surface area contributed by atoms with Crippen LogP contribution in [0.1, 0.15) is 23.8 Å². The number of carbonyl (C=O) groups excluding carboxylic acids is 1. The fraction of sp³-hybridized carbons (Fsp3) is 0.389. The molecule has 1 amide bonds. The second-order valence-electron chi connectivity index (χ2n) is 5.96. The Morgan fingerprint density at radius 1 is 1.33 bits per heavy atom. The number of anilines is 1. The third-order valence-corrected chi connectivity index (χ3v) is 4.31. The second-order valence-corrected chi connectivity index (χ2v) is 5.96. The highest BCUT2D eigenvalue weighted by Crippen LogP contribution is 2.24. The Balaban J connectivity index is 1.67. The van der Waals surface area contributed by atoms with Crippen LogP contribution in [0.4, 0.5) is 5.69 Å². The van der Waals surface area contributed by atoms with E-state index in [9.17, 15) is 9.90 Å². The summed E-state index contributed by atoms with van der Waals surface area (Å²) >= 11 is 0. The van der Waals surface area contributed by atoms with Crippen LogP contribution in [0, 0.1) is 0 Å². The monoisotopic (exact) mass is 330 g/mol. The fourth-order valence-corrected chi connectivity index (χ4v) is 2.99. The molecule has 6 heteroatoms. The molecule has 1 saturated heterocycles. The van der Waals surface area contributed by atoms with Crippen molar-refractivity contribution in [3.63, 3.8) is 0 Å². The SMILES string of the molecule is Nc1ccccc1CC(=O)N1CCOCC1CC(O)c1ccco1. The fourth-order valence-electron chi connectivity index (χ4n) is 2.99. The molecule has 1 aliphatic rings. The number of carbonyl (C=O) groups is 1. The zero-order chi connectivity index (χ0) is 16.9. The van der Waals surface area contributed by atoms with E-state index in [0.717, 1.165) is 5.56 Å². The molecule has 2 heterocycles. The molecule has 1 aliphatic heterocycles. The van der Waals surface area contributed by atoms with Crippen molar-refractivity contribution < 1.29 is 19.1 Å². The highest BCUT2D eigenvalue weighted by molar-refractivity contribution is 5.80. The zero-order valence-corrected chi connectivity index (χ0v) is 13.4. The minimum absolute atomic E-state index is 0.00663. The molecule has 6 nitrogen and oxygen atoms in total. The Kier molecular flexibility index (Phi) is 5.17. The van der Waals surface area contributed by atoms with Crippen LogP contribution < -0.4 is 5.73 Å². The molecule has 0 aliphatic carbocycles. The van der Waals surface area contributed by atoms with Crippen LogP contribution in [-0.2, 0) is 16.0 Å². The van der Waals surface area contributed by atoms with Gasteiger partial charge in [-0.25, -0.2) is 0 Å². The van der Waals surface area contributed by atoms with Gasteiger partial charge in [0.25, 0.3) is 0 Å². The van der Waals surface area contributed by atoms with Crippen molar-refractivity contribution in [1.29, 1.82) is 0 Å². The highest BCUT2D eigenvalue weighted by atomic mass is 16.5. The largest absolute Gasteiger partial charge is 0.467 e. The van der Waals surface area contributed by atoms with Crippen LogP contribution >= 0.6 is 0 Å². The Morgan fingerprint density at radius 2 is 2.17 bits per heavy atom. The summed E-state index contributed by atoms with van der Waals surface area (Å²) in [5.41, 5.74) is 7.37. The van der Waals surface area contributed by atoms with E-state index in [4.69, 9.17) is 14.9 Å². The lowest BCUT2D eigenvalue weighted by Gasteiger charge is -2.36. The van der Waals surface area contributed by atoms with Gasteiger partial charge in [0.15, 0.2) is 0 Å². The summed E-state index contributed by atoms with van der Waals surface area (Å²) in [5, 5.41) is 10.3. The molecular formula is C18H22N2O4. The number of hydrogen-bond acceptors (Lipinski definition) is 5. The predicted molar refractivity (Wildman–Crippen MR) is 89.2 cm³/mol. The average Bonchev–Trinajstić information content (AvgIpc) is 3.12. The molecule has 2 atom stereocenters. The molecule has 1 aromatic carbocycles. The standard InChI is InChI=1S/C18H22N2O4/c19-15-5-2-1-4-13(15)10-18(22)20-7-9-23-12-14(20)11-16(21)17-6-3-8-24-17/h1-6,8,14,16,21H,7,9-12,19H2. The maximum absolute atomic E-state index is 12.7. The zero-order valence-electron chi connectivity index (χ0n) is 13.4. The number of morpholine rings is 1. The molecule has 0 radical (unpaired) electrons. The van der Waals surface area contributed by atoms with Crippen molar-refractivity contribution >= 4 is 11.6 Å². The summed E-state index contributed by atoms with van der Waals surface area (Å²) in [4.78, 5) is 14.5. The Morgan fingerprint density at radius 3 is 2.92 bits per heavy atom. The van der Waals surface area contributed by atoms with Gasteiger partial charge in [0.2, 0.25) is 5.91 Å². The number of furan rings is 1. The molecule has 0 saturated carbocycles. The van der Waals surface area contributed by atoms with E-state index in [1.54, 1.807) is 23.1 Å². The van der Waals surface area contributed by atoms with Gasteiger partial charge in [0.1, 0.15) is 11.9 Å². The lowest BCUT2D eigenvalue weighted by atomic mass is 10.0. The molecular weight excluding hydrogens is 308 g/mol. The minimum atomic E-state index is -0.760. The first kappa shape index (κ1) is 16.5. The number of hydrogen-bond donors (Lipinski definition) is 2. The van der Waals surface area contributed by atoms with Crippen LogP contribution in [0.15, 0.2) is 47.1 Å². The number of amides is 1. The van der Waals surface area contributed by atoms with E-state index < -0.39 is 6.10 Å². The van der Waals surface area contributed by atoms with Crippen molar-refractivity contribution in [3.8, 4) is 0 Å². The first-order chi connectivity index (χ1) is 11.6. The van der Waals surface area contributed by atoms with Crippen molar-refractivity contribution in [2.75, 3.05) is 25.5 Å². The molecule has 2 aromatic rings. The van der Waals surface area contributed by atoms with Gasteiger partial charge in [0, 0.05) is 18.7 Å². The summed E-state index contributed by atoms with van der Waals surface area (Å²) in [7, 11) is 0. The predicted octanol–water partition coefficient (Wildman–Crippen LogP) is 1.76. The van der Waals surface area contributed by atoms with Crippen LogP contribution in [-0.4, -0.2) is 41.7 Å². The molecule has 2 unspecified atom stereocenters. The first-order valence-corrected chi connectivity index (χ1v) is 8.07. The van der Waals surface area contributed by atoms with Gasteiger partial charge in [-0.3, -0.25) is 4.79 Å². The van der Waals surface area contributed by atoms with E-state index in [-0.39, 0.29) is 18.4 Å². The van der Waals surface area contributed by atoms with Crippen LogP contribution in [0.5, 0.6) is 0 Å². The smallest absolute Gasteiger partial charge is 0.227 e. The Labute approximate surface area is 140 Å². The molecule has 0 bridgehead atoms. The van der Waals surface area contributed by atoms with Crippen LogP contribution in [0.25, 0.3) is 0 Å². The second kappa shape index (κ2) is 7.51. The van der Waals surface area contributed by atoms with Crippen LogP contribution in [0.3, 0.4) is 0 Å². The maximum Gasteiger partial charge on any atom is 0.227 e. The van der Waals surface area contributed by atoms with E-state index in [0.29, 0.717) is 37.6 Å². The number of nitrogens with zero attached hydrogens (tertiary/aromatic N) is 1. The highest BCUT2D eigenvalue weighted by Gasteiger charge is 2.30. The summed E-state index contributed by atoms with van der Waals surface area (Å²) < 4.78 is 10.7. The van der Waals surface area contributed by atoms with E-state index in [2.05, 4.69) is 0 Å². The van der Waals surface area contributed by atoms with Crippen molar-refractivity contribution in [1.82, 2.24) is 4.90 Å². The quantitative estimate of drug-likeness (QED) is 0.816. The van der Waals surface area contributed by atoms with E-state index >= 15 is 0 Å². The molecule has 3 N–H and O–H groups in total. The number of rotatable bonds is 5. The van der Waals surface area contributed by atoms with Gasteiger partial charge >= 0.3 is 0 Å². The molecule has 0 spiro atoms. The van der Waals surface area contributed by atoms with E-state index in [1.807, 2.05) is 18.2 Å². The number of nitrogens with two attached hydrogens (primary N) is 1. The molecule has 128 valence electrons. The summed E-state index contributed by atoms with van der Waals surface area (Å²) in [6.45, 7) is 1.43. The number of aliphatic hydroxyl groups is 1. The number of benzene rings is 1. The number of para-hydroxylation sites is 1. The molecule has 24 heavy (non-hydrogen) atoms.